The predicted octanol–water partition coefficient (Wildman–Crippen LogP) is 4.88. The number of para-hydroxylation sites is 1. The number of aromatic nitrogens is 2. The molecule has 1 saturated heterocycles. The van der Waals surface area contributed by atoms with Crippen LogP contribution in [0.4, 0.5) is 0 Å². The van der Waals surface area contributed by atoms with Crippen LogP contribution < -0.4 is 10.1 Å². The summed E-state index contributed by atoms with van der Waals surface area (Å²) >= 11 is 1.48. The van der Waals surface area contributed by atoms with Gasteiger partial charge in [-0.3, -0.25) is 4.79 Å². The third-order valence-electron chi connectivity index (χ3n) is 6.51. The van der Waals surface area contributed by atoms with Crippen molar-refractivity contribution in [1.29, 1.82) is 0 Å². The van der Waals surface area contributed by atoms with Crippen molar-refractivity contribution in [2.24, 2.45) is 0 Å². The summed E-state index contributed by atoms with van der Waals surface area (Å²) in [4.78, 5) is 14.9. The highest BCUT2D eigenvalue weighted by atomic mass is 32.1. The Bertz CT molecular complexity index is 1260. The Kier molecular flexibility index (Phi) is 5.91. The first-order chi connectivity index (χ1) is 16.1. The van der Waals surface area contributed by atoms with E-state index >= 15 is 0 Å². The van der Waals surface area contributed by atoms with Gasteiger partial charge in [0.25, 0.3) is 5.91 Å². The topological polar surface area (TPSA) is 65.4 Å². The molecule has 0 radical (unpaired) electrons. The summed E-state index contributed by atoms with van der Waals surface area (Å²) in [5.74, 6) is 0.785. The van der Waals surface area contributed by atoms with Crippen molar-refractivity contribution in [3.8, 4) is 11.4 Å². The SMILES string of the molecule is COc1ccc(C2(CNC(=O)c3cc4c(C)nn(-c5ccccc5)c4s3)CCOCC2)cc1. The molecule has 3 heterocycles. The molecule has 7 heteroatoms. The normalized spacial score (nSPS) is 15.5. The Morgan fingerprint density at radius 3 is 2.58 bits per heavy atom. The summed E-state index contributed by atoms with van der Waals surface area (Å²) < 4.78 is 12.9. The van der Waals surface area contributed by atoms with Crippen molar-refractivity contribution in [3.05, 3.63) is 76.8 Å². The van der Waals surface area contributed by atoms with Crippen LogP contribution in [0.2, 0.25) is 0 Å². The second-order valence-electron chi connectivity index (χ2n) is 8.47. The Labute approximate surface area is 197 Å². The molecule has 33 heavy (non-hydrogen) atoms. The third kappa shape index (κ3) is 4.14. The van der Waals surface area contributed by atoms with Gasteiger partial charge in [-0.1, -0.05) is 30.3 Å². The van der Waals surface area contributed by atoms with E-state index in [9.17, 15) is 4.79 Å². The lowest BCUT2D eigenvalue weighted by Gasteiger charge is -2.38. The van der Waals surface area contributed by atoms with Gasteiger partial charge in [0.2, 0.25) is 0 Å². The molecule has 0 saturated carbocycles. The van der Waals surface area contributed by atoms with Crippen LogP contribution in [0, 0.1) is 6.92 Å². The number of rotatable bonds is 6. The summed E-state index contributed by atoms with van der Waals surface area (Å²) in [7, 11) is 1.67. The summed E-state index contributed by atoms with van der Waals surface area (Å²) in [5.41, 5.74) is 2.97. The average molecular weight is 462 g/mol. The Hall–Kier alpha value is -3.16. The molecular weight excluding hydrogens is 434 g/mol. The second kappa shape index (κ2) is 9.00. The fourth-order valence-electron chi connectivity index (χ4n) is 4.51. The zero-order valence-electron chi connectivity index (χ0n) is 18.8. The molecule has 2 aromatic carbocycles. The number of methoxy groups -OCH3 is 1. The van der Waals surface area contributed by atoms with Crippen LogP contribution >= 0.6 is 11.3 Å². The average Bonchev–Trinajstić information content (AvgIpc) is 3.44. The first-order valence-corrected chi connectivity index (χ1v) is 12.0. The van der Waals surface area contributed by atoms with Crippen molar-refractivity contribution in [2.75, 3.05) is 26.9 Å². The first-order valence-electron chi connectivity index (χ1n) is 11.1. The van der Waals surface area contributed by atoms with Crippen LogP contribution in [0.15, 0.2) is 60.7 Å². The molecule has 0 unspecified atom stereocenters. The lowest BCUT2D eigenvalue weighted by atomic mass is 9.74. The fraction of sp³-hybridized carbons (Fsp3) is 0.308. The van der Waals surface area contributed by atoms with Crippen LogP contribution in [0.3, 0.4) is 0 Å². The highest BCUT2D eigenvalue weighted by Crippen LogP contribution is 2.36. The van der Waals surface area contributed by atoms with Crippen LogP contribution in [0.5, 0.6) is 5.75 Å². The predicted molar refractivity (Wildman–Crippen MR) is 131 cm³/mol. The number of aryl methyl sites for hydroxylation is 1. The van der Waals surface area contributed by atoms with Gasteiger partial charge in [-0.15, -0.1) is 11.3 Å². The Balaban J connectivity index is 1.39. The summed E-state index contributed by atoms with van der Waals surface area (Å²) in [6, 6.07) is 20.2. The monoisotopic (exact) mass is 461 g/mol. The maximum Gasteiger partial charge on any atom is 0.261 e. The molecule has 0 atom stereocenters. The number of hydrogen-bond donors (Lipinski definition) is 1. The third-order valence-corrected chi connectivity index (χ3v) is 7.62. The molecular formula is C26H27N3O3S. The summed E-state index contributed by atoms with van der Waals surface area (Å²) in [5, 5.41) is 8.92. The number of hydrogen-bond acceptors (Lipinski definition) is 5. The zero-order chi connectivity index (χ0) is 22.8. The number of fused-ring (bicyclic) bond motifs is 1. The molecule has 1 amide bonds. The molecule has 6 nitrogen and oxygen atoms in total. The number of amides is 1. The van der Waals surface area contributed by atoms with Gasteiger partial charge in [-0.2, -0.15) is 5.10 Å². The molecule has 2 aromatic heterocycles. The minimum atomic E-state index is -0.145. The van der Waals surface area contributed by atoms with Gasteiger partial charge >= 0.3 is 0 Å². The maximum absolute atomic E-state index is 13.2. The first kappa shape index (κ1) is 21.7. The van der Waals surface area contributed by atoms with Crippen molar-refractivity contribution < 1.29 is 14.3 Å². The minimum absolute atomic E-state index is 0.0467. The lowest BCUT2D eigenvalue weighted by molar-refractivity contribution is 0.0487. The number of ether oxygens (including phenoxy) is 2. The number of thiophene rings is 1. The van der Waals surface area contributed by atoms with E-state index in [1.807, 2.05) is 60.1 Å². The Morgan fingerprint density at radius 1 is 1.15 bits per heavy atom. The molecule has 0 aliphatic carbocycles. The fourth-order valence-corrected chi connectivity index (χ4v) is 5.61. The highest BCUT2D eigenvalue weighted by molar-refractivity contribution is 7.20. The number of benzene rings is 2. The van der Waals surface area contributed by atoms with Gasteiger partial charge in [0, 0.05) is 30.6 Å². The highest BCUT2D eigenvalue weighted by Gasteiger charge is 2.35. The van der Waals surface area contributed by atoms with E-state index in [4.69, 9.17) is 9.47 Å². The number of nitrogens with zero attached hydrogens (tertiary/aromatic N) is 2. The molecule has 170 valence electrons. The number of carbonyl (C=O) groups excluding carboxylic acids is 1. The van der Waals surface area contributed by atoms with E-state index in [0.29, 0.717) is 24.6 Å². The number of carbonyl (C=O) groups is 1. The standard InChI is InChI=1S/C26H27N3O3S/c1-18-22-16-23(33-25(22)29(28-18)20-6-4-3-5-7-20)24(30)27-17-26(12-14-32-15-13-26)19-8-10-21(31-2)11-9-19/h3-11,16H,12-15,17H2,1-2H3,(H,27,30). The molecule has 5 rings (SSSR count). The Morgan fingerprint density at radius 2 is 1.88 bits per heavy atom. The van der Waals surface area contributed by atoms with Crippen molar-refractivity contribution in [1.82, 2.24) is 15.1 Å². The van der Waals surface area contributed by atoms with Gasteiger partial charge in [-0.05, 0) is 55.7 Å². The molecule has 1 aliphatic heterocycles. The van der Waals surface area contributed by atoms with E-state index in [-0.39, 0.29) is 11.3 Å². The van der Waals surface area contributed by atoms with Crippen molar-refractivity contribution in [3.63, 3.8) is 0 Å². The largest absolute Gasteiger partial charge is 0.497 e. The number of nitrogens with one attached hydrogen (secondary N) is 1. The molecule has 1 fully saturated rings. The molecule has 0 bridgehead atoms. The van der Waals surface area contributed by atoms with Crippen LogP contribution in [-0.2, 0) is 10.2 Å². The van der Waals surface area contributed by atoms with Gasteiger partial charge in [0.15, 0.2) is 0 Å². The van der Waals surface area contributed by atoms with Crippen LogP contribution in [0.25, 0.3) is 15.9 Å². The minimum Gasteiger partial charge on any atom is -0.497 e. The van der Waals surface area contributed by atoms with E-state index in [1.165, 1.54) is 16.9 Å². The lowest BCUT2D eigenvalue weighted by Crippen LogP contribution is -2.44. The smallest absolute Gasteiger partial charge is 0.261 e. The van der Waals surface area contributed by atoms with Crippen LogP contribution in [-0.4, -0.2) is 42.6 Å². The van der Waals surface area contributed by atoms with Crippen molar-refractivity contribution >= 4 is 27.5 Å². The van der Waals surface area contributed by atoms with E-state index in [0.717, 1.165) is 40.2 Å². The summed E-state index contributed by atoms with van der Waals surface area (Å²) in [6.45, 7) is 3.93. The maximum atomic E-state index is 13.2. The van der Waals surface area contributed by atoms with E-state index in [1.54, 1.807) is 7.11 Å². The van der Waals surface area contributed by atoms with Gasteiger partial charge in [0.05, 0.1) is 23.4 Å². The quantitative estimate of drug-likeness (QED) is 0.444. The van der Waals surface area contributed by atoms with Gasteiger partial charge < -0.3 is 14.8 Å². The molecule has 4 aromatic rings. The van der Waals surface area contributed by atoms with E-state index in [2.05, 4.69) is 22.5 Å². The van der Waals surface area contributed by atoms with Crippen LogP contribution in [0.1, 0.15) is 33.8 Å². The molecule has 1 N–H and O–H groups in total. The van der Waals surface area contributed by atoms with Gasteiger partial charge in [0.1, 0.15) is 10.6 Å². The molecule has 0 spiro atoms. The summed E-state index contributed by atoms with van der Waals surface area (Å²) in [6.07, 6.45) is 1.74. The second-order valence-corrected chi connectivity index (χ2v) is 9.50. The zero-order valence-corrected chi connectivity index (χ0v) is 19.7. The van der Waals surface area contributed by atoms with Crippen molar-refractivity contribution in [2.45, 2.75) is 25.2 Å². The van der Waals surface area contributed by atoms with Gasteiger partial charge in [-0.25, -0.2) is 4.68 Å². The molecule has 1 aliphatic rings. The van der Waals surface area contributed by atoms with E-state index < -0.39 is 0 Å².